The number of aromatic carboxylic acids is 1. The summed E-state index contributed by atoms with van der Waals surface area (Å²) in [4.78, 5) is 35.7. The van der Waals surface area contributed by atoms with Crippen LogP contribution in [0.5, 0.6) is 0 Å². The second-order valence-electron chi connectivity index (χ2n) is 9.89. The Kier molecular flexibility index (Phi) is 5.72. The summed E-state index contributed by atoms with van der Waals surface area (Å²) in [6.45, 7) is 4.40. The van der Waals surface area contributed by atoms with Gasteiger partial charge in [-0.15, -0.1) is 0 Å². The molecule has 0 radical (unpaired) electrons. The molecule has 7 rings (SSSR count). The molecule has 12 heteroatoms. The number of carboxylic acid groups (broad SMARTS) is 1. The van der Waals surface area contributed by atoms with Crippen molar-refractivity contribution in [3.63, 3.8) is 0 Å². The Balaban J connectivity index is 0.000000240. The van der Waals surface area contributed by atoms with Crippen molar-refractivity contribution in [2.75, 3.05) is 44.3 Å². The number of hydroxylamine groups is 2. The average Bonchev–Trinajstić information content (AvgIpc) is 3.14. The maximum absolute atomic E-state index is 15.5. The minimum Gasteiger partial charge on any atom is -0.477 e. The third-order valence-electron chi connectivity index (χ3n) is 7.52. The standard InChI is InChI=1S/C18H17F2N3O4.C5H10N2O/c19-12-3-10-15(23(9-1-2-9)5-11(17(10)24)18(25)26)14(20)16(12)22-4-8-7-27-21-13(8)6-22;1-4-3-8-7-5(4)2-6-1/h3,5,8-9,13,21H,1-2,4,6-7H2,(H,25,26);4-7H,1-3H2. The molecular weight excluding hydrogens is 464 g/mol. The summed E-state index contributed by atoms with van der Waals surface area (Å²) in [5, 5.41) is 12.3. The van der Waals surface area contributed by atoms with Crippen LogP contribution in [0.15, 0.2) is 17.1 Å². The number of nitrogens with zero attached hydrogens (tertiary/aromatic N) is 2. The number of rotatable bonds is 3. The number of benzene rings is 1. The molecule has 1 aromatic carbocycles. The van der Waals surface area contributed by atoms with E-state index in [9.17, 15) is 19.1 Å². The molecule has 4 aliphatic heterocycles. The molecular formula is C23H27F2N5O5. The minimum atomic E-state index is -1.40. The number of anilines is 1. The van der Waals surface area contributed by atoms with Crippen LogP contribution in [0.1, 0.15) is 29.2 Å². The highest BCUT2D eigenvalue weighted by molar-refractivity contribution is 5.94. The zero-order chi connectivity index (χ0) is 24.3. The molecule has 1 aliphatic carbocycles. The fourth-order valence-electron chi connectivity index (χ4n) is 5.44. The predicted octanol–water partition coefficient (Wildman–Crippen LogP) is 0.762. The molecule has 0 amide bonds. The number of fused-ring (bicyclic) bond motifs is 3. The Morgan fingerprint density at radius 1 is 1.06 bits per heavy atom. The number of pyridine rings is 1. The van der Waals surface area contributed by atoms with Gasteiger partial charge in [-0.05, 0) is 18.9 Å². The van der Waals surface area contributed by atoms with Gasteiger partial charge in [0.05, 0.1) is 36.2 Å². The van der Waals surface area contributed by atoms with Crippen molar-refractivity contribution >= 4 is 22.6 Å². The molecule has 2 aromatic rings. The molecule has 10 nitrogen and oxygen atoms in total. The molecule has 4 N–H and O–H groups in total. The van der Waals surface area contributed by atoms with Gasteiger partial charge in [-0.2, -0.15) is 11.0 Å². The number of nitrogens with one attached hydrogen (secondary N) is 3. The van der Waals surface area contributed by atoms with Crippen molar-refractivity contribution < 1.29 is 28.4 Å². The summed E-state index contributed by atoms with van der Waals surface area (Å²) in [6.07, 6.45) is 2.71. The summed E-state index contributed by atoms with van der Waals surface area (Å²) in [6, 6.07) is 1.49. The third kappa shape index (κ3) is 3.99. The molecule has 4 saturated heterocycles. The first-order valence-electron chi connectivity index (χ1n) is 11.9. The van der Waals surface area contributed by atoms with Crippen molar-refractivity contribution in [3.05, 3.63) is 39.7 Å². The van der Waals surface area contributed by atoms with Crippen LogP contribution < -0.4 is 26.6 Å². The summed E-state index contributed by atoms with van der Waals surface area (Å²) in [7, 11) is 0. The normalized spacial score (nSPS) is 29.3. The topological polar surface area (TPSA) is 117 Å². The number of carbonyl (C=O) groups is 1. The summed E-state index contributed by atoms with van der Waals surface area (Å²) in [5.74, 6) is -2.20. The van der Waals surface area contributed by atoms with Gasteiger partial charge in [-0.25, -0.2) is 13.6 Å². The monoisotopic (exact) mass is 491 g/mol. The van der Waals surface area contributed by atoms with Crippen LogP contribution in [0.3, 0.4) is 0 Å². The van der Waals surface area contributed by atoms with Crippen molar-refractivity contribution in [2.45, 2.75) is 31.0 Å². The Morgan fingerprint density at radius 2 is 1.80 bits per heavy atom. The summed E-state index contributed by atoms with van der Waals surface area (Å²) in [5.41, 5.74) is 4.28. The molecule has 4 unspecified atom stereocenters. The Bertz CT molecular complexity index is 1200. The molecule has 5 fully saturated rings. The SMILES string of the molecule is C1NCC2NOCC12.O=C(O)c1cn(C2CC2)c2c(F)c(N3CC4CONC4C3)c(F)cc2c1=O. The van der Waals surface area contributed by atoms with Gasteiger partial charge < -0.3 is 29.6 Å². The van der Waals surface area contributed by atoms with E-state index in [0.29, 0.717) is 25.7 Å². The zero-order valence-electron chi connectivity index (χ0n) is 18.9. The lowest BCUT2D eigenvalue weighted by atomic mass is 10.1. The molecule has 0 spiro atoms. The van der Waals surface area contributed by atoms with Crippen molar-refractivity contribution in [1.82, 2.24) is 20.8 Å². The lowest BCUT2D eigenvalue weighted by Crippen LogP contribution is -2.30. The van der Waals surface area contributed by atoms with Gasteiger partial charge in [0.2, 0.25) is 5.43 Å². The van der Waals surface area contributed by atoms with Gasteiger partial charge in [0.25, 0.3) is 0 Å². The summed E-state index contributed by atoms with van der Waals surface area (Å²) >= 11 is 0. The zero-order valence-corrected chi connectivity index (χ0v) is 18.9. The van der Waals surface area contributed by atoms with E-state index in [4.69, 9.17) is 9.68 Å². The third-order valence-corrected chi connectivity index (χ3v) is 7.52. The van der Waals surface area contributed by atoms with Crippen molar-refractivity contribution in [2.24, 2.45) is 11.8 Å². The molecule has 0 bridgehead atoms. The lowest BCUT2D eigenvalue weighted by molar-refractivity contribution is 0.0694. The van der Waals surface area contributed by atoms with Gasteiger partial charge in [-0.1, -0.05) is 0 Å². The van der Waals surface area contributed by atoms with E-state index < -0.39 is 28.6 Å². The first-order valence-corrected chi connectivity index (χ1v) is 11.9. The first-order chi connectivity index (χ1) is 16.9. The van der Waals surface area contributed by atoms with Crippen LogP contribution in [0.4, 0.5) is 14.5 Å². The number of hydrogen-bond acceptors (Lipinski definition) is 8. The van der Waals surface area contributed by atoms with Gasteiger partial charge in [0, 0.05) is 50.3 Å². The fraction of sp³-hybridized carbons (Fsp3) is 0.565. The van der Waals surface area contributed by atoms with Crippen LogP contribution in [-0.4, -0.2) is 67.1 Å². The highest BCUT2D eigenvalue weighted by atomic mass is 19.1. The van der Waals surface area contributed by atoms with Gasteiger partial charge >= 0.3 is 5.97 Å². The number of carboxylic acids is 1. The Hall–Kier alpha value is -2.64. The lowest BCUT2D eigenvalue weighted by Gasteiger charge is -2.23. The van der Waals surface area contributed by atoms with Crippen LogP contribution >= 0.6 is 0 Å². The Morgan fingerprint density at radius 3 is 2.49 bits per heavy atom. The van der Waals surface area contributed by atoms with E-state index in [1.807, 2.05) is 0 Å². The van der Waals surface area contributed by atoms with E-state index in [0.717, 1.165) is 44.5 Å². The summed E-state index contributed by atoms with van der Waals surface area (Å²) < 4.78 is 31.8. The van der Waals surface area contributed by atoms with Crippen molar-refractivity contribution in [1.29, 1.82) is 0 Å². The fourth-order valence-corrected chi connectivity index (χ4v) is 5.44. The maximum atomic E-state index is 15.5. The van der Waals surface area contributed by atoms with Gasteiger partial charge in [0.1, 0.15) is 17.1 Å². The molecule has 5 aliphatic rings. The molecule has 4 atom stereocenters. The molecule has 5 heterocycles. The predicted molar refractivity (Wildman–Crippen MR) is 121 cm³/mol. The second kappa shape index (κ2) is 8.79. The van der Waals surface area contributed by atoms with Gasteiger partial charge in [0.15, 0.2) is 5.82 Å². The average molecular weight is 491 g/mol. The highest BCUT2D eigenvalue weighted by Gasteiger charge is 2.40. The van der Waals surface area contributed by atoms with E-state index >= 15 is 4.39 Å². The van der Waals surface area contributed by atoms with Crippen LogP contribution in [0.25, 0.3) is 10.9 Å². The number of aromatic nitrogens is 1. The van der Waals surface area contributed by atoms with Crippen LogP contribution in [-0.2, 0) is 9.68 Å². The van der Waals surface area contributed by atoms with E-state index in [1.54, 1.807) is 4.90 Å². The maximum Gasteiger partial charge on any atom is 0.341 e. The van der Waals surface area contributed by atoms with E-state index in [-0.39, 0.29) is 34.6 Å². The largest absolute Gasteiger partial charge is 0.477 e. The van der Waals surface area contributed by atoms with Gasteiger partial charge in [-0.3, -0.25) is 4.79 Å². The first kappa shape index (κ1) is 22.8. The van der Waals surface area contributed by atoms with E-state index in [1.165, 1.54) is 10.8 Å². The van der Waals surface area contributed by atoms with E-state index in [2.05, 4.69) is 16.3 Å². The molecule has 1 aromatic heterocycles. The quantitative estimate of drug-likeness (QED) is 0.494. The second-order valence-corrected chi connectivity index (χ2v) is 9.89. The van der Waals surface area contributed by atoms with Crippen LogP contribution in [0, 0.1) is 23.5 Å². The molecule has 35 heavy (non-hydrogen) atoms. The molecule has 1 saturated carbocycles. The number of halogens is 2. The Labute approximate surface area is 199 Å². The molecule has 188 valence electrons. The smallest absolute Gasteiger partial charge is 0.341 e. The number of hydrogen-bond donors (Lipinski definition) is 4. The van der Waals surface area contributed by atoms with Crippen LogP contribution in [0.2, 0.25) is 0 Å². The minimum absolute atomic E-state index is 0.000455. The van der Waals surface area contributed by atoms with Crippen molar-refractivity contribution in [3.8, 4) is 0 Å². The highest BCUT2D eigenvalue weighted by Crippen LogP contribution is 2.40.